The number of hydrogen-bond donors (Lipinski definition) is 2. The van der Waals surface area contributed by atoms with Gasteiger partial charge in [-0.15, -0.1) is 11.3 Å². The molecule has 0 amide bonds. The zero-order valence-electron chi connectivity index (χ0n) is 7.43. The Labute approximate surface area is 81.2 Å². The van der Waals surface area contributed by atoms with Crippen LogP contribution in [0.25, 0.3) is 0 Å². The molecule has 4 heteroatoms. The highest BCUT2D eigenvalue weighted by molar-refractivity contribution is 7.10. The lowest BCUT2D eigenvalue weighted by molar-refractivity contribution is -0.137. The summed E-state index contributed by atoms with van der Waals surface area (Å²) in [5, 5.41) is 10.6. The van der Waals surface area contributed by atoms with Gasteiger partial charge >= 0.3 is 5.97 Å². The molecule has 1 aromatic heterocycles. The molecule has 1 heterocycles. The van der Waals surface area contributed by atoms with Gasteiger partial charge in [-0.2, -0.15) is 0 Å². The number of nitrogens with two attached hydrogens (primary N) is 1. The minimum atomic E-state index is -0.796. The Morgan fingerprint density at radius 3 is 2.85 bits per heavy atom. The van der Waals surface area contributed by atoms with Crippen LogP contribution in [0, 0.1) is 0 Å². The molecule has 0 aliphatic rings. The van der Waals surface area contributed by atoms with Gasteiger partial charge in [-0.05, 0) is 18.4 Å². The minimum absolute atomic E-state index is 0.0579. The van der Waals surface area contributed by atoms with Crippen LogP contribution >= 0.6 is 11.3 Å². The molecule has 2 atom stereocenters. The summed E-state index contributed by atoms with van der Waals surface area (Å²) in [4.78, 5) is 11.6. The molecule has 0 aromatic carbocycles. The lowest BCUT2D eigenvalue weighted by Gasteiger charge is -2.16. The van der Waals surface area contributed by atoms with Gasteiger partial charge in [0.15, 0.2) is 0 Å². The van der Waals surface area contributed by atoms with E-state index in [0.29, 0.717) is 0 Å². The second kappa shape index (κ2) is 4.39. The molecular weight excluding hydrogens is 186 g/mol. The Kier molecular flexibility index (Phi) is 3.45. The average Bonchev–Trinajstić information content (AvgIpc) is 2.50. The molecule has 3 nitrogen and oxygen atoms in total. The molecule has 0 radical (unpaired) electrons. The number of carboxylic acids is 1. The van der Waals surface area contributed by atoms with Crippen molar-refractivity contribution in [3.05, 3.63) is 22.4 Å². The van der Waals surface area contributed by atoms with E-state index in [1.54, 1.807) is 11.3 Å². The molecule has 0 saturated heterocycles. The van der Waals surface area contributed by atoms with Crippen LogP contribution in [0.5, 0.6) is 0 Å². The first-order valence-electron chi connectivity index (χ1n) is 4.12. The minimum Gasteiger partial charge on any atom is -0.481 e. The van der Waals surface area contributed by atoms with Crippen molar-refractivity contribution >= 4 is 17.3 Å². The number of rotatable bonds is 4. The molecule has 0 aliphatic heterocycles. The molecule has 72 valence electrons. The molecule has 0 bridgehead atoms. The molecule has 2 unspecified atom stereocenters. The topological polar surface area (TPSA) is 63.3 Å². The fourth-order valence-corrected chi connectivity index (χ4v) is 2.18. The highest BCUT2D eigenvalue weighted by atomic mass is 32.1. The van der Waals surface area contributed by atoms with Crippen LogP contribution in [0.4, 0.5) is 0 Å². The highest BCUT2D eigenvalue weighted by Gasteiger charge is 2.20. The van der Waals surface area contributed by atoms with Crippen LogP contribution in [-0.4, -0.2) is 17.1 Å². The summed E-state index contributed by atoms with van der Waals surface area (Å²) in [5.41, 5.74) is 5.72. The van der Waals surface area contributed by atoms with Crippen LogP contribution in [-0.2, 0) is 4.79 Å². The van der Waals surface area contributed by atoms with Crippen LogP contribution in [0.3, 0.4) is 0 Å². The second-order valence-electron chi connectivity index (χ2n) is 3.08. The van der Waals surface area contributed by atoms with Gasteiger partial charge in [-0.25, -0.2) is 0 Å². The van der Waals surface area contributed by atoms with Gasteiger partial charge < -0.3 is 10.8 Å². The van der Waals surface area contributed by atoms with E-state index in [0.717, 1.165) is 4.88 Å². The highest BCUT2D eigenvalue weighted by Crippen LogP contribution is 2.26. The Bertz CT molecular complexity index is 269. The predicted molar refractivity (Wildman–Crippen MR) is 53.0 cm³/mol. The number of aliphatic carboxylic acids is 1. The van der Waals surface area contributed by atoms with Gasteiger partial charge in [-0.3, -0.25) is 4.79 Å². The van der Waals surface area contributed by atoms with Gasteiger partial charge in [0.2, 0.25) is 0 Å². The summed E-state index contributed by atoms with van der Waals surface area (Å²) in [7, 11) is 0. The van der Waals surface area contributed by atoms with E-state index in [1.165, 1.54) is 0 Å². The standard InChI is InChI=1S/C9H13NO2S/c1-6(10)7(5-9(11)12)8-3-2-4-13-8/h2-4,6-7H,5,10H2,1H3,(H,11,12). The molecular formula is C9H13NO2S. The smallest absolute Gasteiger partial charge is 0.304 e. The van der Waals surface area contributed by atoms with Crippen molar-refractivity contribution in [2.45, 2.75) is 25.3 Å². The first kappa shape index (κ1) is 10.2. The average molecular weight is 199 g/mol. The van der Waals surface area contributed by atoms with Crippen molar-refractivity contribution in [2.75, 3.05) is 0 Å². The largest absolute Gasteiger partial charge is 0.481 e. The van der Waals surface area contributed by atoms with Crippen LogP contribution in [0.15, 0.2) is 17.5 Å². The lowest BCUT2D eigenvalue weighted by atomic mass is 9.96. The van der Waals surface area contributed by atoms with Gasteiger partial charge in [0.1, 0.15) is 0 Å². The zero-order valence-corrected chi connectivity index (χ0v) is 8.25. The van der Waals surface area contributed by atoms with E-state index < -0.39 is 5.97 Å². The predicted octanol–water partition coefficient (Wildman–Crippen LogP) is 1.65. The summed E-state index contributed by atoms with van der Waals surface area (Å²) in [6, 6.07) is 3.73. The van der Waals surface area contributed by atoms with Crippen molar-refractivity contribution in [1.29, 1.82) is 0 Å². The van der Waals surface area contributed by atoms with E-state index in [4.69, 9.17) is 10.8 Å². The maximum Gasteiger partial charge on any atom is 0.304 e. The summed E-state index contributed by atoms with van der Waals surface area (Å²) < 4.78 is 0. The monoisotopic (exact) mass is 199 g/mol. The molecule has 13 heavy (non-hydrogen) atoms. The third kappa shape index (κ3) is 2.82. The normalized spacial score (nSPS) is 15.2. The molecule has 0 spiro atoms. The van der Waals surface area contributed by atoms with E-state index in [2.05, 4.69) is 0 Å². The van der Waals surface area contributed by atoms with Crippen molar-refractivity contribution in [2.24, 2.45) is 5.73 Å². The quantitative estimate of drug-likeness (QED) is 0.775. The fraction of sp³-hybridized carbons (Fsp3) is 0.444. The van der Waals surface area contributed by atoms with Crippen LogP contribution < -0.4 is 5.73 Å². The lowest BCUT2D eigenvalue weighted by Crippen LogP contribution is -2.26. The SMILES string of the molecule is CC(N)C(CC(=O)O)c1cccs1. The van der Waals surface area contributed by atoms with E-state index in [9.17, 15) is 4.79 Å². The van der Waals surface area contributed by atoms with Gasteiger partial charge in [0.05, 0.1) is 6.42 Å². The molecule has 1 rings (SSSR count). The number of carbonyl (C=O) groups is 1. The van der Waals surface area contributed by atoms with Crippen LogP contribution in [0.2, 0.25) is 0 Å². The summed E-state index contributed by atoms with van der Waals surface area (Å²) >= 11 is 1.56. The number of carboxylic acid groups (broad SMARTS) is 1. The van der Waals surface area contributed by atoms with Gasteiger partial charge in [0.25, 0.3) is 0 Å². The third-order valence-corrected chi connectivity index (χ3v) is 2.94. The van der Waals surface area contributed by atoms with Crippen molar-refractivity contribution in [1.82, 2.24) is 0 Å². The van der Waals surface area contributed by atoms with E-state index in [1.807, 2.05) is 24.4 Å². The van der Waals surface area contributed by atoms with Crippen molar-refractivity contribution in [3.63, 3.8) is 0 Å². The first-order chi connectivity index (χ1) is 6.11. The zero-order chi connectivity index (χ0) is 9.84. The third-order valence-electron chi connectivity index (χ3n) is 1.94. The number of thiophene rings is 1. The molecule has 1 aromatic rings. The van der Waals surface area contributed by atoms with E-state index >= 15 is 0 Å². The van der Waals surface area contributed by atoms with Crippen LogP contribution in [0.1, 0.15) is 24.1 Å². The van der Waals surface area contributed by atoms with E-state index in [-0.39, 0.29) is 18.4 Å². The maximum absolute atomic E-state index is 10.6. The molecule has 0 saturated carbocycles. The van der Waals surface area contributed by atoms with Gasteiger partial charge in [-0.1, -0.05) is 6.07 Å². The van der Waals surface area contributed by atoms with Crippen molar-refractivity contribution < 1.29 is 9.90 Å². The molecule has 3 N–H and O–H groups in total. The van der Waals surface area contributed by atoms with Crippen molar-refractivity contribution in [3.8, 4) is 0 Å². The maximum atomic E-state index is 10.6. The van der Waals surface area contributed by atoms with Gasteiger partial charge in [0, 0.05) is 16.8 Å². The molecule has 0 aliphatic carbocycles. The summed E-state index contributed by atoms with van der Waals surface area (Å²) in [5.74, 6) is -0.854. The summed E-state index contributed by atoms with van der Waals surface area (Å²) in [6.45, 7) is 1.84. The Hall–Kier alpha value is -0.870. The fourth-order valence-electron chi connectivity index (χ4n) is 1.24. The Balaban J connectivity index is 2.74. The Morgan fingerprint density at radius 2 is 2.46 bits per heavy atom. The molecule has 0 fully saturated rings. The Morgan fingerprint density at radius 1 is 1.77 bits per heavy atom. The number of hydrogen-bond acceptors (Lipinski definition) is 3. The second-order valence-corrected chi connectivity index (χ2v) is 4.06. The summed E-state index contributed by atoms with van der Waals surface area (Å²) in [6.07, 6.45) is 0.109. The first-order valence-corrected chi connectivity index (χ1v) is 5.00.